The molecule has 0 aliphatic carbocycles. The highest BCUT2D eigenvalue weighted by Crippen LogP contribution is 2.32. The zero-order valence-electron chi connectivity index (χ0n) is 15.5. The summed E-state index contributed by atoms with van der Waals surface area (Å²) in [5.74, 6) is 1.30. The van der Waals surface area contributed by atoms with Crippen LogP contribution in [0.25, 0.3) is 0 Å². The lowest BCUT2D eigenvalue weighted by molar-refractivity contribution is -0.121. The topological polar surface area (TPSA) is 47.9 Å². The lowest BCUT2D eigenvalue weighted by atomic mass is 9.79. The summed E-state index contributed by atoms with van der Waals surface area (Å²) in [6.07, 6.45) is 8.36. The number of benzene rings is 1. The smallest absolute Gasteiger partial charge is 0.155 e. The number of carbonyl (C=O) groups excluding carboxylic acids is 1. The molecule has 0 amide bonds. The molecule has 0 aromatic heterocycles. The maximum atomic E-state index is 10.8. The molecule has 1 aromatic rings. The van der Waals surface area contributed by atoms with E-state index in [0.717, 1.165) is 17.0 Å². The number of hydrogen-bond donors (Lipinski definition) is 0. The monoisotopic (exact) mass is 341 g/mol. The fourth-order valence-electron chi connectivity index (χ4n) is 2.35. The molecular formula is C21H27NO3. The minimum Gasteiger partial charge on any atom is -0.491 e. The molecule has 1 aliphatic rings. The number of aliphatic imine (C=N–C) groups is 1. The van der Waals surface area contributed by atoms with Crippen molar-refractivity contribution in [3.8, 4) is 5.75 Å². The first-order chi connectivity index (χ1) is 11.9. The summed E-state index contributed by atoms with van der Waals surface area (Å²) < 4.78 is 10.8. The Morgan fingerprint density at radius 3 is 2.52 bits per heavy atom. The Hall–Kier alpha value is -2.20. The summed E-state index contributed by atoms with van der Waals surface area (Å²) in [5.41, 5.74) is 2.01. The van der Waals surface area contributed by atoms with Gasteiger partial charge in [-0.2, -0.15) is 0 Å². The molecule has 0 fully saturated rings. The van der Waals surface area contributed by atoms with Crippen LogP contribution >= 0.6 is 0 Å². The Bertz CT molecular complexity index is 671. The standard InChI is InChI=1S/C21H27NO3/c1-16(2)21(4)10-9-20(22-12-11-21)18-5-7-19(8-6-18)25-14-13-24-15-17(3)23/h5-12,16H,13-15H2,1-4H3. The molecule has 4 heteroatoms. The maximum absolute atomic E-state index is 10.8. The number of allylic oxidation sites excluding steroid dienone is 3. The van der Waals surface area contributed by atoms with Gasteiger partial charge in [0.2, 0.25) is 0 Å². The molecule has 134 valence electrons. The molecule has 0 spiro atoms. The van der Waals surface area contributed by atoms with E-state index in [1.807, 2.05) is 30.5 Å². The van der Waals surface area contributed by atoms with Gasteiger partial charge in [-0.3, -0.25) is 9.79 Å². The van der Waals surface area contributed by atoms with Crippen LogP contribution in [-0.4, -0.2) is 31.3 Å². The molecule has 0 saturated carbocycles. The van der Waals surface area contributed by atoms with Gasteiger partial charge in [0, 0.05) is 17.2 Å². The zero-order chi connectivity index (χ0) is 18.3. The van der Waals surface area contributed by atoms with Crippen LogP contribution in [0.2, 0.25) is 0 Å². The van der Waals surface area contributed by atoms with Gasteiger partial charge in [0.05, 0.1) is 12.3 Å². The van der Waals surface area contributed by atoms with E-state index in [4.69, 9.17) is 9.47 Å². The van der Waals surface area contributed by atoms with E-state index in [2.05, 4.69) is 44.0 Å². The molecular weight excluding hydrogens is 314 g/mol. The van der Waals surface area contributed by atoms with E-state index in [9.17, 15) is 4.79 Å². The average Bonchev–Trinajstić information content (AvgIpc) is 2.78. The zero-order valence-corrected chi connectivity index (χ0v) is 15.5. The highest BCUT2D eigenvalue weighted by molar-refractivity contribution is 6.09. The van der Waals surface area contributed by atoms with Crippen molar-refractivity contribution in [2.45, 2.75) is 27.7 Å². The number of ketones is 1. The second-order valence-electron chi connectivity index (χ2n) is 6.81. The molecule has 25 heavy (non-hydrogen) atoms. The first-order valence-electron chi connectivity index (χ1n) is 8.66. The number of nitrogens with zero attached hydrogens (tertiary/aromatic N) is 1. The van der Waals surface area contributed by atoms with Crippen LogP contribution in [0.4, 0.5) is 0 Å². The van der Waals surface area contributed by atoms with E-state index in [-0.39, 0.29) is 17.8 Å². The Labute approximate surface area is 150 Å². The van der Waals surface area contributed by atoms with Gasteiger partial charge in [0.15, 0.2) is 5.78 Å². The van der Waals surface area contributed by atoms with E-state index in [1.165, 1.54) is 6.92 Å². The van der Waals surface area contributed by atoms with Gasteiger partial charge in [0.25, 0.3) is 0 Å². The largest absolute Gasteiger partial charge is 0.491 e. The van der Waals surface area contributed by atoms with Gasteiger partial charge in [-0.15, -0.1) is 0 Å². The first kappa shape index (κ1) is 19.1. The van der Waals surface area contributed by atoms with Crippen LogP contribution in [0.15, 0.2) is 53.7 Å². The summed E-state index contributed by atoms with van der Waals surface area (Å²) in [7, 11) is 0. The van der Waals surface area contributed by atoms with Crippen LogP contribution in [0.3, 0.4) is 0 Å². The van der Waals surface area contributed by atoms with E-state index < -0.39 is 0 Å². The Morgan fingerprint density at radius 2 is 1.88 bits per heavy atom. The van der Waals surface area contributed by atoms with Crippen molar-refractivity contribution in [3.05, 3.63) is 54.3 Å². The fourth-order valence-corrected chi connectivity index (χ4v) is 2.35. The molecule has 1 unspecified atom stereocenters. The minimum atomic E-state index is 0.0178. The third-order valence-electron chi connectivity index (χ3n) is 4.44. The van der Waals surface area contributed by atoms with Crippen molar-refractivity contribution in [2.75, 3.05) is 19.8 Å². The van der Waals surface area contributed by atoms with E-state index >= 15 is 0 Å². The van der Waals surface area contributed by atoms with Crippen LogP contribution < -0.4 is 4.74 Å². The second-order valence-corrected chi connectivity index (χ2v) is 6.81. The van der Waals surface area contributed by atoms with Crippen molar-refractivity contribution < 1.29 is 14.3 Å². The van der Waals surface area contributed by atoms with Gasteiger partial charge in [-0.05, 0) is 43.2 Å². The summed E-state index contributed by atoms with van der Waals surface area (Å²) in [4.78, 5) is 15.3. The number of Topliss-reactive ketones (excluding diaryl/α,β-unsaturated/α-hetero) is 1. The third kappa shape index (κ3) is 5.68. The molecule has 0 N–H and O–H groups in total. The minimum absolute atomic E-state index is 0.0178. The van der Waals surface area contributed by atoms with Gasteiger partial charge < -0.3 is 9.47 Å². The van der Waals surface area contributed by atoms with Gasteiger partial charge in [0.1, 0.15) is 19.0 Å². The van der Waals surface area contributed by atoms with Gasteiger partial charge in [-0.25, -0.2) is 0 Å². The quantitative estimate of drug-likeness (QED) is 0.666. The summed E-state index contributed by atoms with van der Waals surface area (Å²) in [6, 6.07) is 7.85. The third-order valence-corrected chi connectivity index (χ3v) is 4.44. The summed E-state index contributed by atoms with van der Waals surface area (Å²) >= 11 is 0. The van der Waals surface area contributed by atoms with Crippen molar-refractivity contribution >= 4 is 11.5 Å². The van der Waals surface area contributed by atoms with Crippen molar-refractivity contribution in [2.24, 2.45) is 16.3 Å². The number of hydrogen-bond acceptors (Lipinski definition) is 4. The number of ether oxygens (including phenoxy) is 2. The number of carbonyl (C=O) groups is 1. The molecule has 0 bridgehead atoms. The fraction of sp³-hybridized carbons (Fsp3) is 0.429. The summed E-state index contributed by atoms with van der Waals surface area (Å²) in [5, 5.41) is 0. The Balaban J connectivity index is 1.93. The Kier molecular flexibility index (Phi) is 6.71. The SMILES string of the molecule is CC(=O)COCCOc1ccc(C2=NC=CC(C)(C(C)C)C=C2)cc1. The predicted octanol–water partition coefficient (Wildman–Crippen LogP) is 4.21. The molecule has 1 aromatic carbocycles. The van der Waals surface area contributed by atoms with Crippen LogP contribution in [-0.2, 0) is 9.53 Å². The van der Waals surface area contributed by atoms with E-state index in [0.29, 0.717) is 19.1 Å². The molecule has 1 atom stereocenters. The highest BCUT2D eigenvalue weighted by atomic mass is 16.5. The van der Waals surface area contributed by atoms with Crippen LogP contribution in [0.5, 0.6) is 5.75 Å². The maximum Gasteiger partial charge on any atom is 0.155 e. The normalized spacial score (nSPS) is 19.6. The van der Waals surface area contributed by atoms with Crippen LogP contribution in [0.1, 0.15) is 33.3 Å². The lowest BCUT2D eigenvalue weighted by Crippen LogP contribution is -2.17. The van der Waals surface area contributed by atoms with Crippen LogP contribution in [0, 0.1) is 11.3 Å². The van der Waals surface area contributed by atoms with Crippen molar-refractivity contribution in [3.63, 3.8) is 0 Å². The molecule has 2 rings (SSSR count). The van der Waals surface area contributed by atoms with Gasteiger partial charge in [-0.1, -0.05) is 32.9 Å². The second kappa shape index (κ2) is 8.77. The lowest BCUT2D eigenvalue weighted by Gasteiger charge is -2.25. The first-order valence-corrected chi connectivity index (χ1v) is 8.66. The summed E-state index contributed by atoms with van der Waals surface area (Å²) in [6.45, 7) is 9.10. The molecule has 4 nitrogen and oxygen atoms in total. The predicted molar refractivity (Wildman–Crippen MR) is 101 cm³/mol. The number of rotatable bonds is 8. The van der Waals surface area contributed by atoms with Crippen molar-refractivity contribution in [1.82, 2.24) is 0 Å². The molecule has 0 saturated heterocycles. The molecule has 0 radical (unpaired) electrons. The van der Waals surface area contributed by atoms with E-state index in [1.54, 1.807) is 0 Å². The highest BCUT2D eigenvalue weighted by Gasteiger charge is 2.23. The Morgan fingerprint density at radius 1 is 1.16 bits per heavy atom. The molecule has 1 aliphatic heterocycles. The van der Waals surface area contributed by atoms with Crippen molar-refractivity contribution in [1.29, 1.82) is 0 Å². The van der Waals surface area contributed by atoms with Gasteiger partial charge >= 0.3 is 0 Å². The average molecular weight is 341 g/mol. The molecule has 1 heterocycles.